The molecule has 0 spiro atoms. The lowest BCUT2D eigenvalue weighted by atomic mass is 10.1. The third-order valence-corrected chi connectivity index (χ3v) is 4.53. The number of ether oxygens (including phenoxy) is 3. The molecule has 0 unspecified atom stereocenters. The van der Waals surface area contributed by atoms with Gasteiger partial charge in [0.1, 0.15) is 23.4 Å². The van der Waals surface area contributed by atoms with E-state index in [-0.39, 0.29) is 18.6 Å². The van der Waals surface area contributed by atoms with E-state index in [1.165, 1.54) is 5.56 Å². The molecule has 0 saturated carbocycles. The Labute approximate surface area is 160 Å². The minimum atomic E-state index is -0.172. The number of carbonyl (C=O) groups is 1. The molecule has 1 aliphatic heterocycles. The van der Waals surface area contributed by atoms with Crippen LogP contribution >= 0.6 is 0 Å². The minimum Gasteiger partial charge on any atom is -0.494 e. The van der Waals surface area contributed by atoms with Gasteiger partial charge in [-0.1, -0.05) is 19.1 Å². The highest BCUT2D eigenvalue weighted by atomic mass is 16.5. The van der Waals surface area contributed by atoms with Crippen LogP contribution in [-0.4, -0.2) is 25.2 Å². The molecule has 3 rings (SSSR count). The average Bonchev–Trinajstić information content (AvgIpc) is 3.03. The fourth-order valence-corrected chi connectivity index (χ4v) is 3.16. The number of fused-ring (bicyclic) bond motifs is 1. The molecule has 5 nitrogen and oxygen atoms in total. The summed E-state index contributed by atoms with van der Waals surface area (Å²) in [7, 11) is 0. The number of nitrogens with one attached hydrogen (secondary N) is 1. The lowest BCUT2D eigenvalue weighted by molar-refractivity contribution is -0.123. The Balaban J connectivity index is 1.58. The van der Waals surface area contributed by atoms with E-state index in [0.717, 1.165) is 35.5 Å². The van der Waals surface area contributed by atoms with Crippen molar-refractivity contribution in [1.82, 2.24) is 5.32 Å². The summed E-state index contributed by atoms with van der Waals surface area (Å²) >= 11 is 0. The maximum atomic E-state index is 12.2. The van der Waals surface area contributed by atoms with Crippen LogP contribution in [0.5, 0.6) is 17.2 Å². The van der Waals surface area contributed by atoms with Crippen LogP contribution in [0, 0.1) is 0 Å². The number of hydrogen-bond donors (Lipinski definition) is 1. The Bertz CT molecular complexity index is 803. The normalized spacial score (nSPS) is 15.0. The van der Waals surface area contributed by atoms with Crippen LogP contribution in [0.1, 0.15) is 37.5 Å². The van der Waals surface area contributed by atoms with Gasteiger partial charge in [-0.2, -0.15) is 0 Å². The van der Waals surface area contributed by atoms with Crippen molar-refractivity contribution in [3.05, 3.63) is 53.1 Å². The summed E-state index contributed by atoms with van der Waals surface area (Å²) in [6.07, 6.45) is 1.99. The average molecular weight is 369 g/mol. The van der Waals surface area contributed by atoms with Gasteiger partial charge in [0.2, 0.25) is 0 Å². The molecule has 0 aromatic heterocycles. The van der Waals surface area contributed by atoms with Gasteiger partial charge in [0.25, 0.3) is 5.91 Å². The molecule has 0 fully saturated rings. The van der Waals surface area contributed by atoms with Gasteiger partial charge in [-0.3, -0.25) is 4.79 Å². The monoisotopic (exact) mass is 369 g/mol. The molecule has 1 N–H and O–H groups in total. The zero-order valence-corrected chi connectivity index (χ0v) is 16.2. The van der Waals surface area contributed by atoms with E-state index in [0.29, 0.717) is 18.9 Å². The highest BCUT2D eigenvalue weighted by Gasteiger charge is 2.22. The van der Waals surface area contributed by atoms with E-state index in [2.05, 4.69) is 12.2 Å². The van der Waals surface area contributed by atoms with Crippen LogP contribution in [0.15, 0.2) is 36.4 Å². The first-order chi connectivity index (χ1) is 13.1. The quantitative estimate of drug-likeness (QED) is 0.771. The predicted molar refractivity (Wildman–Crippen MR) is 105 cm³/mol. The first-order valence-corrected chi connectivity index (χ1v) is 9.52. The second-order valence-electron chi connectivity index (χ2n) is 6.70. The summed E-state index contributed by atoms with van der Waals surface area (Å²) in [6.45, 7) is 7.02. The summed E-state index contributed by atoms with van der Waals surface area (Å²) in [4.78, 5) is 12.2. The Hall–Kier alpha value is -2.69. The SMILES string of the molecule is CCOc1cc2c(cc1CNC(=O)COc1cccc(CC)c1)O[C@H](C)C2. The standard InChI is InChI=1S/C22H27NO4/c1-4-16-7-6-8-19(10-16)26-14-22(24)23-13-18-12-21-17(9-15(3)27-21)11-20(18)25-5-2/h6-8,10-12,15H,4-5,9,13-14H2,1-3H3,(H,23,24)/t15-/m1/s1. The molecule has 27 heavy (non-hydrogen) atoms. The van der Waals surface area contributed by atoms with Gasteiger partial charge in [0, 0.05) is 24.1 Å². The third kappa shape index (κ3) is 4.94. The van der Waals surface area contributed by atoms with E-state index in [9.17, 15) is 4.79 Å². The topological polar surface area (TPSA) is 56.8 Å². The van der Waals surface area contributed by atoms with Crippen molar-refractivity contribution in [3.8, 4) is 17.2 Å². The van der Waals surface area contributed by atoms with Crippen molar-refractivity contribution in [1.29, 1.82) is 0 Å². The molecular formula is C22H27NO4. The predicted octanol–water partition coefficient (Wildman–Crippen LogP) is 3.67. The first-order valence-electron chi connectivity index (χ1n) is 9.52. The van der Waals surface area contributed by atoms with Crippen molar-refractivity contribution >= 4 is 5.91 Å². The van der Waals surface area contributed by atoms with Crippen molar-refractivity contribution in [2.75, 3.05) is 13.2 Å². The molecule has 5 heteroatoms. The van der Waals surface area contributed by atoms with Crippen LogP contribution in [0.4, 0.5) is 0 Å². The molecule has 1 atom stereocenters. The van der Waals surface area contributed by atoms with Gasteiger partial charge in [0.05, 0.1) is 6.61 Å². The van der Waals surface area contributed by atoms with Gasteiger partial charge in [-0.15, -0.1) is 0 Å². The molecule has 1 aliphatic rings. The fraction of sp³-hybridized carbons (Fsp3) is 0.409. The van der Waals surface area contributed by atoms with Gasteiger partial charge in [-0.25, -0.2) is 0 Å². The smallest absolute Gasteiger partial charge is 0.258 e. The van der Waals surface area contributed by atoms with Crippen molar-refractivity contribution in [3.63, 3.8) is 0 Å². The minimum absolute atomic E-state index is 0.0182. The number of aryl methyl sites for hydroxylation is 1. The number of hydrogen-bond acceptors (Lipinski definition) is 4. The highest BCUT2D eigenvalue weighted by Crippen LogP contribution is 2.35. The van der Waals surface area contributed by atoms with Crippen molar-refractivity contribution < 1.29 is 19.0 Å². The van der Waals surface area contributed by atoms with Crippen molar-refractivity contribution in [2.45, 2.75) is 46.3 Å². The first kappa shape index (κ1) is 19.1. The Morgan fingerprint density at radius 1 is 1.22 bits per heavy atom. The number of benzene rings is 2. The summed E-state index contributed by atoms with van der Waals surface area (Å²) < 4.78 is 17.2. The van der Waals surface area contributed by atoms with E-state index < -0.39 is 0 Å². The van der Waals surface area contributed by atoms with Crippen LogP contribution in [-0.2, 0) is 24.2 Å². The maximum Gasteiger partial charge on any atom is 0.258 e. The van der Waals surface area contributed by atoms with Gasteiger partial charge in [-0.05, 0) is 50.1 Å². The summed E-state index contributed by atoms with van der Waals surface area (Å²) in [6, 6.07) is 11.8. The number of rotatable bonds is 8. The zero-order valence-electron chi connectivity index (χ0n) is 16.2. The lowest BCUT2D eigenvalue weighted by Crippen LogP contribution is -2.28. The van der Waals surface area contributed by atoms with Crippen LogP contribution in [0.2, 0.25) is 0 Å². The lowest BCUT2D eigenvalue weighted by Gasteiger charge is -2.14. The Morgan fingerprint density at radius 2 is 2.07 bits per heavy atom. The van der Waals surface area contributed by atoms with Crippen molar-refractivity contribution in [2.24, 2.45) is 0 Å². The third-order valence-electron chi connectivity index (χ3n) is 4.53. The fourth-order valence-electron chi connectivity index (χ4n) is 3.16. The van der Waals surface area contributed by atoms with Crippen LogP contribution in [0.3, 0.4) is 0 Å². The largest absolute Gasteiger partial charge is 0.494 e. The molecule has 2 aromatic rings. The molecule has 0 radical (unpaired) electrons. The summed E-state index contributed by atoms with van der Waals surface area (Å²) in [5, 5.41) is 2.90. The zero-order chi connectivity index (χ0) is 19.2. The van der Waals surface area contributed by atoms with E-state index >= 15 is 0 Å². The highest BCUT2D eigenvalue weighted by molar-refractivity contribution is 5.77. The van der Waals surface area contributed by atoms with Gasteiger partial charge in [0.15, 0.2) is 6.61 Å². The van der Waals surface area contributed by atoms with Gasteiger partial charge >= 0.3 is 0 Å². The summed E-state index contributed by atoms with van der Waals surface area (Å²) in [5.41, 5.74) is 3.24. The Kier molecular flexibility index (Phi) is 6.22. The maximum absolute atomic E-state index is 12.2. The Morgan fingerprint density at radius 3 is 2.85 bits per heavy atom. The molecule has 0 bridgehead atoms. The molecule has 2 aromatic carbocycles. The number of carbonyl (C=O) groups excluding carboxylic acids is 1. The molecule has 1 amide bonds. The van der Waals surface area contributed by atoms with E-state index in [4.69, 9.17) is 14.2 Å². The molecular weight excluding hydrogens is 342 g/mol. The number of amides is 1. The van der Waals surface area contributed by atoms with E-state index in [1.807, 2.05) is 50.2 Å². The summed E-state index contributed by atoms with van der Waals surface area (Å²) in [5.74, 6) is 2.21. The van der Waals surface area contributed by atoms with Gasteiger partial charge < -0.3 is 19.5 Å². The molecule has 144 valence electrons. The second kappa shape index (κ2) is 8.80. The molecule has 0 saturated heterocycles. The van der Waals surface area contributed by atoms with E-state index in [1.54, 1.807) is 0 Å². The van der Waals surface area contributed by atoms with Crippen LogP contribution < -0.4 is 19.5 Å². The molecule has 1 heterocycles. The second-order valence-corrected chi connectivity index (χ2v) is 6.70. The molecule has 0 aliphatic carbocycles. The van der Waals surface area contributed by atoms with Crippen LogP contribution in [0.25, 0.3) is 0 Å².